The molecule has 0 fully saturated rings. The quantitative estimate of drug-likeness (QED) is 0.809. The molecule has 0 bridgehead atoms. The van der Waals surface area contributed by atoms with Gasteiger partial charge in [0.25, 0.3) is 0 Å². The minimum atomic E-state index is -0.306. The largest absolute Gasteiger partial charge is 0.399 e. The Hall–Kier alpha value is -2.03. The first-order valence-electron chi connectivity index (χ1n) is 5.99. The Morgan fingerprint density at radius 3 is 2.72 bits per heavy atom. The number of nitrogen functional groups attached to an aromatic ring is 1. The van der Waals surface area contributed by atoms with Gasteiger partial charge in [-0.25, -0.2) is 4.39 Å². The van der Waals surface area contributed by atoms with E-state index in [1.807, 2.05) is 6.07 Å². The van der Waals surface area contributed by atoms with E-state index in [-0.39, 0.29) is 5.82 Å². The summed E-state index contributed by atoms with van der Waals surface area (Å²) < 4.78 is 13.5. The van der Waals surface area contributed by atoms with Gasteiger partial charge in [0.1, 0.15) is 5.82 Å². The normalized spacial score (nSPS) is 10.3. The molecule has 3 heteroatoms. The minimum absolute atomic E-state index is 0.306. The summed E-state index contributed by atoms with van der Waals surface area (Å²) in [5.41, 5.74) is 8.92. The summed E-state index contributed by atoms with van der Waals surface area (Å²) in [5.74, 6) is -0.306. The van der Waals surface area contributed by atoms with Gasteiger partial charge in [-0.2, -0.15) is 0 Å². The van der Waals surface area contributed by atoms with Crippen molar-refractivity contribution < 1.29 is 4.39 Å². The van der Waals surface area contributed by atoms with E-state index in [0.717, 1.165) is 6.42 Å². The zero-order valence-corrected chi connectivity index (χ0v) is 10.4. The lowest BCUT2D eigenvalue weighted by Crippen LogP contribution is -2.06. The van der Waals surface area contributed by atoms with Crippen LogP contribution < -0.4 is 11.1 Å². The molecule has 0 saturated heterocycles. The van der Waals surface area contributed by atoms with Gasteiger partial charge in [0.2, 0.25) is 0 Å². The third-order valence-electron chi connectivity index (χ3n) is 2.80. The second kappa shape index (κ2) is 5.54. The number of hydrogen-bond donors (Lipinski definition) is 2. The number of nitrogens with one attached hydrogen (secondary N) is 1. The van der Waals surface area contributed by atoms with Crippen molar-refractivity contribution in [3.05, 3.63) is 59.4 Å². The summed E-state index contributed by atoms with van der Waals surface area (Å²) in [6.45, 7) is 2.76. The van der Waals surface area contributed by atoms with E-state index < -0.39 is 0 Å². The first-order valence-corrected chi connectivity index (χ1v) is 5.99. The molecule has 0 unspecified atom stereocenters. The van der Waals surface area contributed by atoms with E-state index in [9.17, 15) is 4.39 Å². The van der Waals surface area contributed by atoms with Crippen LogP contribution >= 0.6 is 0 Å². The van der Waals surface area contributed by atoms with Crippen LogP contribution in [0.15, 0.2) is 42.5 Å². The van der Waals surface area contributed by atoms with Gasteiger partial charge in [0, 0.05) is 12.2 Å². The summed E-state index contributed by atoms with van der Waals surface area (Å²) in [7, 11) is 0. The molecule has 2 nitrogen and oxygen atoms in total. The monoisotopic (exact) mass is 244 g/mol. The molecule has 0 aliphatic heterocycles. The molecule has 0 aliphatic carbocycles. The Kier molecular flexibility index (Phi) is 3.82. The molecule has 2 rings (SSSR count). The van der Waals surface area contributed by atoms with Gasteiger partial charge in [-0.05, 0) is 37.1 Å². The van der Waals surface area contributed by atoms with E-state index in [4.69, 9.17) is 5.73 Å². The molecule has 0 atom stereocenters. The van der Waals surface area contributed by atoms with Crippen molar-refractivity contribution >= 4 is 11.4 Å². The van der Waals surface area contributed by atoms with Crippen molar-refractivity contribution in [2.45, 2.75) is 13.3 Å². The van der Waals surface area contributed by atoms with Crippen LogP contribution in [0.1, 0.15) is 11.1 Å². The topological polar surface area (TPSA) is 38.0 Å². The highest BCUT2D eigenvalue weighted by atomic mass is 19.1. The third-order valence-corrected chi connectivity index (χ3v) is 2.80. The van der Waals surface area contributed by atoms with E-state index >= 15 is 0 Å². The Balaban J connectivity index is 1.92. The maximum Gasteiger partial charge on any atom is 0.148 e. The summed E-state index contributed by atoms with van der Waals surface area (Å²) >= 11 is 0. The van der Waals surface area contributed by atoms with Crippen LogP contribution in [0.3, 0.4) is 0 Å². The second-order valence-corrected chi connectivity index (χ2v) is 4.41. The van der Waals surface area contributed by atoms with Crippen LogP contribution in [0.2, 0.25) is 0 Å². The molecule has 0 saturated carbocycles. The Morgan fingerprint density at radius 2 is 2.00 bits per heavy atom. The van der Waals surface area contributed by atoms with Gasteiger partial charge in [-0.15, -0.1) is 0 Å². The maximum absolute atomic E-state index is 13.5. The van der Waals surface area contributed by atoms with Crippen LogP contribution in [-0.2, 0) is 6.42 Å². The first-order chi connectivity index (χ1) is 8.65. The van der Waals surface area contributed by atoms with Crippen LogP contribution in [0, 0.1) is 12.7 Å². The van der Waals surface area contributed by atoms with E-state index in [1.54, 1.807) is 12.1 Å². The molecule has 0 heterocycles. The highest BCUT2D eigenvalue weighted by molar-refractivity contribution is 5.52. The second-order valence-electron chi connectivity index (χ2n) is 4.41. The Labute approximate surface area is 107 Å². The van der Waals surface area contributed by atoms with Crippen LogP contribution in [0.25, 0.3) is 0 Å². The molecule has 0 amide bonds. The zero-order chi connectivity index (χ0) is 13.0. The van der Waals surface area contributed by atoms with Crippen molar-refractivity contribution in [3.8, 4) is 0 Å². The third kappa shape index (κ3) is 3.23. The number of rotatable bonds is 4. The molecular weight excluding hydrogens is 227 g/mol. The number of halogens is 1. The first kappa shape index (κ1) is 12.4. The highest BCUT2D eigenvalue weighted by Crippen LogP contribution is 2.16. The van der Waals surface area contributed by atoms with Gasteiger partial charge in [0.05, 0.1) is 5.69 Å². The average Bonchev–Trinajstić information content (AvgIpc) is 2.32. The molecule has 0 aromatic heterocycles. The van der Waals surface area contributed by atoms with E-state index in [0.29, 0.717) is 17.9 Å². The van der Waals surface area contributed by atoms with Crippen LogP contribution in [0.4, 0.5) is 15.8 Å². The van der Waals surface area contributed by atoms with Gasteiger partial charge in [-0.3, -0.25) is 0 Å². The van der Waals surface area contributed by atoms with Crippen molar-refractivity contribution in [3.63, 3.8) is 0 Å². The number of benzene rings is 2. The van der Waals surface area contributed by atoms with Crippen molar-refractivity contribution in [2.24, 2.45) is 0 Å². The highest BCUT2D eigenvalue weighted by Gasteiger charge is 2.01. The number of nitrogens with two attached hydrogens (primary N) is 1. The number of anilines is 2. The lowest BCUT2D eigenvalue weighted by atomic mass is 10.1. The predicted octanol–water partition coefficient (Wildman–Crippen LogP) is 3.37. The predicted molar refractivity (Wildman–Crippen MR) is 74.2 cm³/mol. The molecule has 94 valence electrons. The summed E-state index contributed by atoms with van der Waals surface area (Å²) in [6, 6.07) is 13.0. The SMILES string of the molecule is Cc1cccc(CCNc2ccc(N)cc2F)c1. The van der Waals surface area contributed by atoms with E-state index in [1.165, 1.54) is 17.2 Å². The molecule has 0 aliphatic rings. The fourth-order valence-corrected chi connectivity index (χ4v) is 1.88. The number of aryl methyl sites for hydroxylation is 1. The smallest absolute Gasteiger partial charge is 0.148 e. The van der Waals surface area contributed by atoms with Crippen molar-refractivity contribution in [2.75, 3.05) is 17.6 Å². The van der Waals surface area contributed by atoms with Gasteiger partial charge in [-0.1, -0.05) is 29.8 Å². The summed E-state index contributed by atoms with van der Waals surface area (Å²) in [6.07, 6.45) is 0.867. The Morgan fingerprint density at radius 1 is 1.17 bits per heavy atom. The molecule has 3 N–H and O–H groups in total. The maximum atomic E-state index is 13.5. The fraction of sp³-hybridized carbons (Fsp3) is 0.200. The minimum Gasteiger partial charge on any atom is -0.399 e. The lowest BCUT2D eigenvalue weighted by molar-refractivity contribution is 0.631. The van der Waals surface area contributed by atoms with Crippen molar-refractivity contribution in [1.82, 2.24) is 0 Å². The molecule has 0 spiro atoms. The van der Waals surface area contributed by atoms with Gasteiger partial charge < -0.3 is 11.1 Å². The summed E-state index contributed by atoms with van der Waals surface area (Å²) in [4.78, 5) is 0. The number of hydrogen-bond acceptors (Lipinski definition) is 2. The average molecular weight is 244 g/mol. The lowest BCUT2D eigenvalue weighted by Gasteiger charge is -2.08. The molecule has 2 aromatic rings. The standard InChI is InChI=1S/C15H17FN2/c1-11-3-2-4-12(9-11)7-8-18-15-6-5-13(17)10-14(15)16/h2-6,9-10,18H,7-8,17H2,1H3. The summed E-state index contributed by atoms with van der Waals surface area (Å²) in [5, 5.41) is 3.08. The van der Waals surface area contributed by atoms with Gasteiger partial charge >= 0.3 is 0 Å². The molecule has 2 aromatic carbocycles. The van der Waals surface area contributed by atoms with Gasteiger partial charge in [0.15, 0.2) is 0 Å². The molecule has 0 radical (unpaired) electrons. The van der Waals surface area contributed by atoms with Crippen LogP contribution in [0.5, 0.6) is 0 Å². The van der Waals surface area contributed by atoms with E-state index in [2.05, 4.69) is 30.4 Å². The Bertz CT molecular complexity index is 538. The zero-order valence-electron chi connectivity index (χ0n) is 10.4. The fourth-order valence-electron chi connectivity index (χ4n) is 1.88. The van der Waals surface area contributed by atoms with Crippen LogP contribution in [-0.4, -0.2) is 6.54 Å². The van der Waals surface area contributed by atoms with Crippen molar-refractivity contribution in [1.29, 1.82) is 0 Å². The molecule has 18 heavy (non-hydrogen) atoms. The molecular formula is C15H17FN2.